The molecule has 19 heteroatoms. The first-order valence-electron chi connectivity index (χ1n) is 10.3. The third-order valence-electron chi connectivity index (χ3n) is 4.85. The number of phenols is 1. The van der Waals surface area contributed by atoms with Crippen molar-refractivity contribution in [3.05, 3.63) is 56.9 Å². The third-order valence-corrected chi connectivity index (χ3v) is 7.44. The van der Waals surface area contributed by atoms with E-state index in [0.29, 0.717) is 0 Å². The second-order valence-electron chi connectivity index (χ2n) is 7.67. The van der Waals surface area contributed by atoms with E-state index < -0.39 is 70.6 Å². The number of phosphoric acid groups is 2. The molecule has 0 aliphatic carbocycles. The van der Waals surface area contributed by atoms with Gasteiger partial charge in [-0.15, -0.1) is 0 Å². The van der Waals surface area contributed by atoms with Crippen LogP contribution in [-0.2, 0) is 38.6 Å². The highest BCUT2D eigenvalue weighted by atomic mass is 31.3. The Hall–Kier alpha value is -2.69. The molecule has 1 amide bonds. The van der Waals surface area contributed by atoms with Crippen molar-refractivity contribution < 1.29 is 57.1 Å². The summed E-state index contributed by atoms with van der Waals surface area (Å²) in [6.45, 7) is -0.494. The SMILES string of the molecule is CC(=O)Nc1ccc(O)cc1COP(=O)(O)OP(=O)(O)OC[C@H]1O[C@@H](n2ccc(=O)[nH]c2=O)[C@H](O)[C@@H]1O. The summed E-state index contributed by atoms with van der Waals surface area (Å²) in [4.78, 5) is 56.0. The van der Waals surface area contributed by atoms with Gasteiger partial charge < -0.3 is 35.2 Å². The number of carbonyl (C=O) groups excluding carboxylic acids is 1. The van der Waals surface area contributed by atoms with Crippen LogP contribution in [0.5, 0.6) is 5.75 Å². The molecule has 2 heterocycles. The van der Waals surface area contributed by atoms with Gasteiger partial charge in [-0.25, -0.2) is 13.9 Å². The summed E-state index contributed by atoms with van der Waals surface area (Å²) in [5, 5.41) is 32.3. The van der Waals surface area contributed by atoms with Crippen LogP contribution in [0.25, 0.3) is 0 Å². The quantitative estimate of drug-likeness (QED) is 0.138. The van der Waals surface area contributed by atoms with Gasteiger partial charge in [-0.3, -0.25) is 28.2 Å². The summed E-state index contributed by atoms with van der Waals surface area (Å²) in [7, 11) is -10.6. The van der Waals surface area contributed by atoms with E-state index >= 15 is 0 Å². The fourth-order valence-electron chi connectivity index (χ4n) is 3.23. The van der Waals surface area contributed by atoms with Gasteiger partial charge in [0.05, 0.1) is 13.2 Å². The summed E-state index contributed by atoms with van der Waals surface area (Å²) >= 11 is 0. The molecule has 17 nitrogen and oxygen atoms in total. The van der Waals surface area contributed by atoms with Crippen LogP contribution in [0.2, 0.25) is 0 Å². The lowest BCUT2D eigenvalue weighted by atomic mass is 10.1. The Bertz CT molecular complexity index is 1360. The lowest BCUT2D eigenvalue weighted by Crippen LogP contribution is -2.37. The average molecular weight is 567 g/mol. The van der Waals surface area contributed by atoms with Crippen molar-refractivity contribution in [2.24, 2.45) is 0 Å². The number of aliphatic hydroxyl groups excluding tert-OH is 2. The van der Waals surface area contributed by atoms with Crippen molar-refractivity contribution in [2.45, 2.75) is 38.1 Å². The van der Waals surface area contributed by atoms with Crippen molar-refractivity contribution >= 4 is 27.2 Å². The zero-order valence-electron chi connectivity index (χ0n) is 18.9. The van der Waals surface area contributed by atoms with Gasteiger partial charge >= 0.3 is 21.3 Å². The van der Waals surface area contributed by atoms with Crippen LogP contribution < -0.4 is 16.6 Å². The van der Waals surface area contributed by atoms with E-state index in [1.807, 2.05) is 4.98 Å². The lowest BCUT2D eigenvalue weighted by molar-refractivity contribution is -0.114. The zero-order valence-corrected chi connectivity index (χ0v) is 20.7. The van der Waals surface area contributed by atoms with Crippen LogP contribution in [0.4, 0.5) is 5.69 Å². The summed E-state index contributed by atoms with van der Waals surface area (Å²) in [5.41, 5.74) is -1.54. The summed E-state index contributed by atoms with van der Waals surface area (Å²) < 4.78 is 43.9. The Morgan fingerprint density at radius 3 is 2.46 bits per heavy atom. The molecule has 1 aliphatic heterocycles. The fraction of sp³-hybridized carbons (Fsp3) is 0.389. The molecular formula is C18H23N3O14P2. The molecule has 1 fully saturated rings. The van der Waals surface area contributed by atoms with Gasteiger partial charge in [0.25, 0.3) is 5.56 Å². The predicted octanol–water partition coefficient (Wildman–Crippen LogP) is -0.729. The van der Waals surface area contributed by atoms with Crippen molar-refractivity contribution in [2.75, 3.05) is 11.9 Å². The molecule has 37 heavy (non-hydrogen) atoms. The molecule has 2 unspecified atom stereocenters. The summed E-state index contributed by atoms with van der Waals surface area (Å²) in [6, 6.07) is 4.58. The highest BCUT2D eigenvalue weighted by Crippen LogP contribution is 2.61. The molecule has 0 spiro atoms. The number of hydrogen-bond donors (Lipinski definition) is 7. The topological polar surface area (TPSA) is 256 Å². The lowest BCUT2D eigenvalue weighted by Gasteiger charge is -2.19. The van der Waals surface area contributed by atoms with Crippen molar-refractivity contribution in [3.8, 4) is 5.75 Å². The van der Waals surface area contributed by atoms with Crippen LogP contribution in [0.1, 0.15) is 18.7 Å². The molecule has 6 atom stereocenters. The number of nitrogens with zero attached hydrogens (tertiary/aromatic N) is 1. The van der Waals surface area contributed by atoms with Gasteiger partial charge in [-0.1, -0.05) is 0 Å². The maximum absolute atomic E-state index is 12.2. The van der Waals surface area contributed by atoms with E-state index in [-0.39, 0.29) is 17.0 Å². The first-order chi connectivity index (χ1) is 17.2. The molecular weight excluding hydrogens is 544 g/mol. The van der Waals surface area contributed by atoms with Crippen LogP contribution in [-0.4, -0.2) is 65.5 Å². The molecule has 7 N–H and O–H groups in total. The van der Waals surface area contributed by atoms with Crippen molar-refractivity contribution in [1.29, 1.82) is 0 Å². The summed E-state index contributed by atoms with van der Waals surface area (Å²) in [6.07, 6.45) is -5.47. The number of H-pyrrole nitrogens is 1. The number of aromatic hydroxyl groups is 1. The molecule has 1 aliphatic rings. The highest BCUT2D eigenvalue weighted by molar-refractivity contribution is 7.61. The maximum Gasteiger partial charge on any atom is 0.481 e. The maximum atomic E-state index is 12.2. The molecule has 1 saturated heterocycles. The Balaban J connectivity index is 1.61. The number of hydrogen-bond acceptors (Lipinski definition) is 12. The molecule has 0 radical (unpaired) electrons. The van der Waals surface area contributed by atoms with Crippen LogP contribution in [0.15, 0.2) is 40.1 Å². The Morgan fingerprint density at radius 2 is 1.81 bits per heavy atom. The first-order valence-corrected chi connectivity index (χ1v) is 13.2. The Kier molecular flexibility index (Phi) is 8.87. The minimum atomic E-state index is -5.33. The zero-order chi connectivity index (χ0) is 27.5. The minimum absolute atomic E-state index is 0.0294. The number of aliphatic hydroxyl groups is 2. The number of amides is 1. The van der Waals surface area contributed by atoms with Gasteiger partial charge in [0.15, 0.2) is 6.23 Å². The second-order valence-corrected chi connectivity index (χ2v) is 10.7. The third kappa shape index (κ3) is 7.66. The Morgan fingerprint density at radius 1 is 1.14 bits per heavy atom. The molecule has 1 aromatic carbocycles. The van der Waals surface area contributed by atoms with E-state index in [1.165, 1.54) is 19.1 Å². The minimum Gasteiger partial charge on any atom is -0.508 e. The van der Waals surface area contributed by atoms with Crippen molar-refractivity contribution in [1.82, 2.24) is 9.55 Å². The number of phenolic OH excluding ortho intramolecular Hbond substituents is 1. The number of phosphoric ester groups is 2. The van der Waals surface area contributed by atoms with Crippen molar-refractivity contribution in [3.63, 3.8) is 0 Å². The number of carbonyl (C=O) groups is 1. The van der Waals surface area contributed by atoms with Gasteiger partial charge in [0.2, 0.25) is 5.91 Å². The van der Waals surface area contributed by atoms with Crippen LogP contribution >= 0.6 is 15.6 Å². The molecule has 3 rings (SSSR count). The number of rotatable bonds is 10. The second kappa shape index (κ2) is 11.4. The Labute approximate surface area is 207 Å². The smallest absolute Gasteiger partial charge is 0.481 e. The van der Waals surface area contributed by atoms with Gasteiger partial charge in [-0.2, -0.15) is 4.31 Å². The van der Waals surface area contributed by atoms with Crippen LogP contribution in [0.3, 0.4) is 0 Å². The number of aromatic amines is 1. The molecule has 0 bridgehead atoms. The first kappa shape index (κ1) is 28.9. The van der Waals surface area contributed by atoms with E-state index in [0.717, 1.165) is 22.9 Å². The molecule has 204 valence electrons. The van der Waals surface area contributed by atoms with Crippen LogP contribution in [0, 0.1) is 0 Å². The highest BCUT2D eigenvalue weighted by Gasteiger charge is 2.46. The van der Waals surface area contributed by atoms with E-state index in [4.69, 9.17) is 4.74 Å². The summed E-state index contributed by atoms with van der Waals surface area (Å²) in [5.74, 6) is -0.755. The molecule has 1 aromatic heterocycles. The van der Waals surface area contributed by atoms with E-state index in [2.05, 4.69) is 18.7 Å². The van der Waals surface area contributed by atoms with Gasteiger partial charge in [0.1, 0.15) is 24.1 Å². The number of nitrogens with one attached hydrogen (secondary N) is 2. The number of ether oxygens (including phenoxy) is 1. The standard InChI is InChI=1S/C18H23N3O14P2/c1-9(22)19-12-3-2-11(23)6-10(12)7-32-36(28,29)35-37(30,31)33-8-13-15(25)16(26)17(34-13)21-5-4-14(24)20-18(21)27/h2-6,13,15-17,23,25-26H,7-8H2,1H3,(H,19,22)(H,28,29)(H,30,31)(H,20,24,27)/t13-,15-,16-,17-/m1/s1. The predicted molar refractivity (Wildman–Crippen MR) is 121 cm³/mol. The average Bonchev–Trinajstić information content (AvgIpc) is 3.05. The largest absolute Gasteiger partial charge is 0.508 e. The number of aromatic nitrogens is 2. The van der Waals surface area contributed by atoms with E-state index in [1.54, 1.807) is 0 Å². The number of benzene rings is 1. The normalized spacial score (nSPS) is 24.8. The van der Waals surface area contributed by atoms with Gasteiger partial charge in [-0.05, 0) is 18.2 Å². The fourth-order valence-corrected chi connectivity index (χ4v) is 5.29. The monoisotopic (exact) mass is 567 g/mol. The number of anilines is 1. The van der Waals surface area contributed by atoms with E-state index in [9.17, 15) is 48.6 Å². The van der Waals surface area contributed by atoms with Gasteiger partial charge in [0, 0.05) is 30.4 Å². The molecule has 0 saturated carbocycles. The molecule has 2 aromatic rings.